The van der Waals surface area contributed by atoms with Crippen molar-refractivity contribution in [3.63, 3.8) is 0 Å². The molecule has 1 atom stereocenters. The van der Waals surface area contributed by atoms with Crippen LogP contribution in [0.3, 0.4) is 0 Å². The number of piperazine rings is 1. The Morgan fingerprint density at radius 2 is 1.75 bits per heavy atom. The van der Waals surface area contributed by atoms with Crippen LogP contribution < -0.4 is 5.32 Å². The van der Waals surface area contributed by atoms with Gasteiger partial charge >= 0.3 is 0 Å². The van der Waals surface area contributed by atoms with E-state index in [0.29, 0.717) is 6.04 Å². The molecule has 1 N–H and O–H groups in total. The molecule has 0 spiro atoms. The molecule has 0 amide bonds. The molecule has 86 valence electrons. The van der Waals surface area contributed by atoms with Crippen LogP contribution >= 0.6 is 0 Å². The smallest absolute Gasteiger partial charge is 0.0377 e. The van der Waals surface area contributed by atoms with Crippen molar-refractivity contribution in [2.45, 2.75) is 18.9 Å². The number of nitrogens with one attached hydrogen (secondary N) is 1. The Morgan fingerprint density at radius 1 is 1.06 bits per heavy atom. The molecular formula is C14H20N2. The Kier molecular flexibility index (Phi) is 2.94. The standard InChI is InChI=1S/C14H20N2/c1-2-4-12(5-3-1)14(13-6-7-13)16-10-8-15-9-11-16/h1-5,13-15H,6-11H2. The number of nitrogens with zero attached hydrogens (tertiary/aromatic N) is 1. The second kappa shape index (κ2) is 4.56. The highest BCUT2D eigenvalue weighted by atomic mass is 15.2. The number of hydrogen-bond donors (Lipinski definition) is 1. The SMILES string of the molecule is c1ccc(C(C2CC2)N2CCNCC2)cc1. The molecule has 1 unspecified atom stereocenters. The van der Waals surface area contributed by atoms with Crippen LogP contribution in [0.25, 0.3) is 0 Å². The molecule has 1 saturated heterocycles. The predicted molar refractivity (Wildman–Crippen MR) is 66.3 cm³/mol. The average molecular weight is 216 g/mol. The van der Waals surface area contributed by atoms with Gasteiger partial charge in [-0.3, -0.25) is 4.90 Å². The highest BCUT2D eigenvalue weighted by Crippen LogP contribution is 2.44. The Morgan fingerprint density at radius 3 is 2.38 bits per heavy atom. The Labute approximate surface area is 97.6 Å². The van der Waals surface area contributed by atoms with E-state index in [1.165, 1.54) is 31.5 Å². The van der Waals surface area contributed by atoms with E-state index < -0.39 is 0 Å². The molecule has 3 rings (SSSR count). The molecule has 1 aliphatic carbocycles. The molecule has 2 nitrogen and oxygen atoms in total. The van der Waals surface area contributed by atoms with Gasteiger partial charge < -0.3 is 5.32 Å². The van der Waals surface area contributed by atoms with Crippen molar-refractivity contribution >= 4 is 0 Å². The minimum absolute atomic E-state index is 0.684. The molecule has 16 heavy (non-hydrogen) atoms. The van der Waals surface area contributed by atoms with E-state index in [-0.39, 0.29) is 0 Å². The van der Waals surface area contributed by atoms with E-state index in [2.05, 4.69) is 40.5 Å². The van der Waals surface area contributed by atoms with E-state index in [4.69, 9.17) is 0 Å². The predicted octanol–water partition coefficient (Wildman–Crippen LogP) is 2.04. The molecule has 1 aromatic rings. The topological polar surface area (TPSA) is 15.3 Å². The van der Waals surface area contributed by atoms with Gasteiger partial charge in [0.2, 0.25) is 0 Å². The second-order valence-corrected chi connectivity index (χ2v) is 4.98. The van der Waals surface area contributed by atoms with Crippen molar-refractivity contribution in [2.75, 3.05) is 26.2 Å². The first-order valence-electron chi connectivity index (χ1n) is 6.45. The molecule has 1 aromatic carbocycles. The minimum Gasteiger partial charge on any atom is -0.314 e. The van der Waals surface area contributed by atoms with Crippen molar-refractivity contribution in [1.29, 1.82) is 0 Å². The zero-order valence-corrected chi connectivity index (χ0v) is 9.73. The third-order valence-corrected chi connectivity index (χ3v) is 3.75. The van der Waals surface area contributed by atoms with Crippen LogP contribution in [0.4, 0.5) is 0 Å². The van der Waals surface area contributed by atoms with Crippen molar-refractivity contribution in [3.05, 3.63) is 35.9 Å². The molecule has 0 radical (unpaired) electrons. The molecule has 1 heterocycles. The van der Waals surface area contributed by atoms with Crippen molar-refractivity contribution in [1.82, 2.24) is 10.2 Å². The summed E-state index contributed by atoms with van der Waals surface area (Å²) >= 11 is 0. The van der Waals surface area contributed by atoms with Gasteiger partial charge in [0.15, 0.2) is 0 Å². The summed E-state index contributed by atoms with van der Waals surface area (Å²) in [6.45, 7) is 4.71. The Bertz CT molecular complexity index is 326. The maximum Gasteiger partial charge on any atom is 0.0377 e. The molecule has 1 aliphatic heterocycles. The highest BCUT2D eigenvalue weighted by Gasteiger charge is 2.36. The lowest BCUT2D eigenvalue weighted by molar-refractivity contribution is 0.156. The van der Waals surface area contributed by atoms with Gasteiger partial charge in [-0.2, -0.15) is 0 Å². The third kappa shape index (κ3) is 2.13. The quantitative estimate of drug-likeness (QED) is 0.832. The molecule has 2 heteroatoms. The normalized spacial score (nSPS) is 24.2. The molecule has 0 aromatic heterocycles. The molecule has 0 bridgehead atoms. The van der Waals surface area contributed by atoms with E-state index in [1.54, 1.807) is 0 Å². The fraction of sp³-hybridized carbons (Fsp3) is 0.571. The zero-order valence-electron chi connectivity index (χ0n) is 9.73. The number of benzene rings is 1. The highest BCUT2D eigenvalue weighted by molar-refractivity contribution is 5.21. The lowest BCUT2D eigenvalue weighted by atomic mass is 10.00. The fourth-order valence-corrected chi connectivity index (χ4v) is 2.80. The van der Waals surface area contributed by atoms with Crippen LogP contribution in [-0.4, -0.2) is 31.1 Å². The van der Waals surface area contributed by atoms with Crippen molar-refractivity contribution in [2.24, 2.45) is 5.92 Å². The van der Waals surface area contributed by atoms with Crippen molar-refractivity contribution in [3.8, 4) is 0 Å². The summed E-state index contributed by atoms with van der Waals surface area (Å²) in [6.07, 6.45) is 2.84. The largest absolute Gasteiger partial charge is 0.314 e. The van der Waals surface area contributed by atoms with Crippen molar-refractivity contribution < 1.29 is 0 Å². The first-order valence-corrected chi connectivity index (χ1v) is 6.45. The van der Waals surface area contributed by atoms with Crippen LogP contribution in [0.15, 0.2) is 30.3 Å². The van der Waals surface area contributed by atoms with Crippen LogP contribution in [0.2, 0.25) is 0 Å². The first kappa shape index (κ1) is 10.3. The molecule has 2 fully saturated rings. The average Bonchev–Trinajstić information content (AvgIpc) is 3.17. The van der Waals surface area contributed by atoms with Gasteiger partial charge in [-0.15, -0.1) is 0 Å². The van der Waals surface area contributed by atoms with Crippen LogP contribution in [0.1, 0.15) is 24.4 Å². The zero-order chi connectivity index (χ0) is 10.8. The monoisotopic (exact) mass is 216 g/mol. The summed E-state index contributed by atoms with van der Waals surface area (Å²) in [4.78, 5) is 2.67. The first-order chi connectivity index (χ1) is 7.95. The minimum atomic E-state index is 0.684. The van der Waals surface area contributed by atoms with Gasteiger partial charge in [0.05, 0.1) is 0 Å². The van der Waals surface area contributed by atoms with Gasteiger partial charge in [0.25, 0.3) is 0 Å². The van der Waals surface area contributed by atoms with Gasteiger partial charge in [-0.25, -0.2) is 0 Å². The van der Waals surface area contributed by atoms with Gasteiger partial charge in [-0.05, 0) is 24.3 Å². The van der Waals surface area contributed by atoms with Gasteiger partial charge in [0, 0.05) is 32.2 Å². The molecule has 1 saturated carbocycles. The molecular weight excluding hydrogens is 196 g/mol. The third-order valence-electron chi connectivity index (χ3n) is 3.75. The van der Waals surface area contributed by atoms with Gasteiger partial charge in [-0.1, -0.05) is 30.3 Å². The summed E-state index contributed by atoms with van der Waals surface area (Å²) < 4.78 is 0. The van der Waals surface area contributed by atoms with Crippen LogP contribution in [0.5, 0.6) is 0 Å². The lowest BCUT2D eigenvalue weighted by Crippen LogP contribution is -2.45. The van der Waals surface area contributed by atoms with E-state index in [9.17, 15) is 0 Å². The van der Waals surface area contributed by atoms with E-state index in [0.717, 1.165) is 19.0 Å². The summed E-state index contributed by atoms with van der Waals surface area (Å²) in [5, 5.41) is 3.44. The van der Waals surface area contributed by atoms with Crippen LogP contribution in [-0.2, 0) is 0 Å². The Balaban J connectivity index is 1.80. The summed E-state index contributed by atoms with van der Waals surface area (Å²) in [6, 6.07) is 11.7. The summed E-state index contributed by atoms with van der Waals surface area (Å²) in [5.74, 6) is 0.917. The lowest BCUT2D eigenvalue weighted by Gasteiger charge is -2.35. The summed E-state index contributed by atoms with van der Waals surface area (Å²) in [5.41, 5.74) is 1.52. The van der Waals surface area contributed by atoms with E-state index in [1.807, 2.05) is 0 Å². The molecule has 2 aliphatic rings. The van der Waals surface area contributed by atoms with Crippen LogP contribution in [0, 0.1) is 5.92 Å². The number of hydrogen-bond acceptors (Lipinski definition) is 2. The number of rotatable bonds is 3. The fourth-order valence-electron chi connectivity index (χ4n) is 2.80. The summed E-state index contributed by atoms with van der Waals surface area (Å²) in [7, 11) is 0. The maximum atomic E-state index is 3.44. The second-order valence-electron chi connectivity index (χ2n) is 4.98. The Hall–Kier alpha value is -0.860. The van der Waals surface area contributed by atoms with E-state index >= 15 is 0 Å². The van der Waals surface area contributed by atoms with Gasteiger partial charge in [0.1, 0.15) is 0 Å². The maximum absolute atomic E-state index is 3.44.